The Morgan fingerprint density at radius 2 is 2.06 bits per heavy atom. The number of nitrogens with zero attached hydrogens (tertiary/aromatic N) is 2. The van der Waals surface area contributed by atoms with E-state index in [4.69, 9.17) is 4.74 Å². The van der Waals surface area contributed by atoms with E-state index in [1.807, 2.05) is 31.2 Å². The molecule has 0 saturated heterocycles. The van der Waals surface area contributed by atoms with Gasteiger partial charge in [-0.05, 0) is 26.0 Å². The first-order valence-electron chi connectivity index (χ1n) is 5.34. The number of hydrogen-bond acceptors (Lipinski definition) is 3. The summed E-state index contributed by atoms with van der Waals surface area (Å²) in [4.78, 5) is 11.4. The smallest absolute Gasteiger partial charge is 0.163 e. The Balaban J connectivity index is 2.57. The van der Waals surface area contributed by atoms with Gasteiger partial charge >= 0.3 is 0 Å². The summed E-state index contributed by atoms with van der Waals surface area (Å²) in [6.45, 7) is 3.41. The van der Waals surface area contributed by atoms with Crippen LogP contribution < -0.4 is 4.74 Å². The van der Waals surface area contributed by atoms with E-state index >= 15 is 0 Å². The lowest BCUT2D eigenvalue weighted by atomic mass is 10.2. The van der Waals surface area contributed by atoms with E-state index in [9.17, 15) is 4.79 Å². The molecule has 2 rings (SSSR count). The van der Waals surface area contributed by atoms with Gasteiger partial charge in [-0.25, -0.2) is 4.68 Å². The highest BCUT2D eigenvalue weighted by atomic mass is 16.5. The van der Waals surface area contributed by atoms with Gasteiger partial charge in [-0.15, -0.1) is 0 Å². The summed E-state index contributed by atoms with van der Waals surface area (Å²) in [7, 11) is 1.61. The number of para-hydroxylation sites is 2. The molecule has 0 fully saturated rings. The predicted molar refractivity (Wildman–Crippen MR) is 64.9 cm³/mol. The largest absolute Gasteiger partial charge is 0.494 e. The van der Waals surface area contributed by atoms with Crippen molar-refractivity contribution in [3.63, 3.8) is 0 Å². The number of ether oxygens (including phenoxy) is 1. The molecule has 1 aromatic heterocycles. The van der Waals surface area contributed by atoms with Gasteiger partial charge in [-0.2, -0.15) is 5.10 Å². The summed E-state index contributed by atoms with van der Waals surface area (Å²) in [6, 6.07) is 7.58. The van der Waals surface area contributed by atoms with Crippen LogP contribution in [0.15, 0.2) is 30.5 Å². The van der Waals surface area contributed by atoms with Gasteiger partial charge in [0.05, 0.1) is 24.6 Å². The van der Waals surface area contributed by atoms with Crippen molar-refractivity contribution in [2.75, 3.05) is 7.11 Å². The van der Waals surface area contributed by atoms with Gasteiger partial charge < -0.3 is 4.74 Å². The Morgan fingerprint density at radius 1 is 1.35 bits per heavy atom. The van der Waals surface area contributed by atoms with Crippen LogP contribution in [0.4, 0.5) is 0 Å². The number of aromatic nitrogens is 2. The third-order valence-electron chi connectivity index (χ3n) is 2.70. The van der Waals surface area contributed by atoms with Gasteiger partial charge in [0.15, 0.2) is 5.78 Å². The quantitative estimate of drug-likeness (QED) is 0.760. The van der Waals surface area contributed by atoms with Crippen LogP contribution in [0.1, 0.15) is 23.0 Å². The molecule has 0 atom stereocenters. The van der Waals surface area contributed by atoms with Crippen molar-refractivity contribution in [2.24, 2.45) is 0 Å². The van der Waals surface area contributed by atoms with Gasteiger partial charge in [0.25, 0.3) is 0 Å². The normalized spacial score (nSPS) is 10.3. The molecule has 0 N–H and O–H groups in total. The molecule has 1 aromatic carbocycles. The van der Waals surface area contributed by atoms with Gasteiger partial charge in [-0.3, -0.25) is 4.79 Å². The summed E-state index contributed by atoms with van der Waals surface area (Å²) in [5.74, 6) is 0.748. The first kappa shape index (κ1) is 11.4. The maximum Gasteiger partial charge on any atom is 0.163 e. The fraction of sp³-hybridized carbons (Fsp3) is 0.231. The van der Waals surface area contributed by atoms with Crippen molar-refractivity contribution < 1.29 is 9.53 Å². The van der Waals surface area contributed by atoms with Crippen molar-refractivity contribution in [1.29, 1.82) is 0 Å². The first-order valence-corrected chi connectivity index (χ1v) is 5.34. The van der Waals surface area contributed by atoms with Crippen molar-refractivity contribution in [3.8, 4) is 11.4 Å². The molecule has 0 aliphatic heterocycles. The van der Waals surface area contributed by atoms with Gasteiger partial charge in [0, 0.05) is 0 Å². The van der Waals surface area contributed by atoms with Crippen molar-refractivity contribution in [1.82, 2.24) is 9.78 Å². The monoisotopic (exact) mass is 230 g/mol. The number of ketones is 1. The summed E-state index contributed by atoms with van der Waals surface area (Å²) in [5, 5.41) is 4.23. The second-order valence-electron chi connectivity index (χ2n) is 3.78. The number of carbonyl (C=O) groups is 1. The average molecular weight is 230 g/mol. The van der Waals surface area contributed by atoms with Gasteiger partial charge in [0.1, 0.15) is 11.4 Å². The fourth-order valence-electron chi connectivity index (χ4n) is 1.80. The van der Waals surface area contributed by atoms with Crippen LogP contribution in [0.5, 0.6) is 5.75 Å². The lowest BCUT2D eigenvalue weighted by molar-refractivity contribution is 0.101. The SMILES string of the molecule is COc1ccccc1-n1ncc(C(C)=O)c1C. The topological polar surface area (TPSA) is 44.1 Å². The highest BCUT2D eigenvalue weighted by Gasteiger charge is 2.13. The van der Waals surface area contributed by atoms with Crippen molar-refractivity contribution in [3.05, 3.63) is 41.7 Å². The molecule has 0 radical (unpaired) electrons. The fourth-order valence-corrected chi connectivity index (χ4v) is 1.80. The minimum absolute atomic E-state index is 0.0173. The number of carbonyl (C=O) groups excluding carboxylic acids is 1. The maximum absolute atomic E-state index is 11.4. The van der Waals surface area contributed by atoms with Crippen molar-refractivity contribution >= 4 is 5.78 Å². The summed E-state index contributed by atoms with van der Waals surface area (Å²) in [6.07, 6.45) is 1.59. The summed E-state index contributed by atoms with van der Waals surface area (Å²) < 4.78 is 7.00. The van der Waals surface area contributed by atoms with Gasteiger partial charge in [0.2, 0.25) is 0 Å². The molecule has 0 amide bonds. The van der Waals surface area contributed by atoms with E-state index in [2.05, 4.69) is 5.10 Å². The zero-order valence-corrected chi connectivity index (χ0v) is 10.1. The molecule has 4 nitrogen and oxygen atoms in total. The number of methoxy groups -OCH3 is 1. The molecule has 0 aliphatic rings. The molecule has 0 bridgehead atoms. The van der Waals surface area contributed by atoms with Crippen LogP contribution in [-0.4, -0.2) is 22.7 Å². The van der Waals surface area contributed by atoms with Crippen LogP contribution in [0.2, 0.25) is 0 Å². The minimum atomic E-state index is 0.0173. The van der Waals surface area contributed by atoms with E-state index in [-0.39, 0.29) is 5.78 Å². The Hall–Kier alpha value is -2.10. The molecule has 88 valence electrons. The van der Waals surface area contributed by atoms with Crippen LogP contribution in [0.3, 0.4) is 0 Å². The average Bonchev–Trinajstić information content (AvgIpc) is 2.71. The zero-order valence-electron chi connectivity index (χ0n) is 10.1. The molecular formula is C13H14N2O2. The third-order valence-corrected chi connectivity index (χ3v) is 2.70. The second kappa shape index (κ2) is 4.41. The molecule has 4 heteroatoms. The lowest BCUT2D eigenvalue weighted by Gasteiger charge is -2.09. The van der Waals surface area contributed by atoms with E-state index < -0.39 is 0 Å². The minimum Gasteiger partial charge on any atom is -0.494 e. The van der Waals surface area contributed by atoms with Gasteiger partial charge in [-0.1, -0.05) is 12.1 Å². The van der Waals surface area contributed by atoms with E-state index in [0.29, 0.717) is 5.56 Å². The molecule has 0 saturated carbocycles. The van der Waals surface area contributed by atoms with E-state index in [1.165, 1.54) is 6.92 Å². The van der Waals surface area contributed by atoms with Crippen LogP contribution >= 0.6 is 0 Å². The summed E-state index contributed by atoms with van der Waals surface area (Å²) in [5.41, 5.74) is 2.29. The Bertz CT molecular complexity index is 558. The van der Waals surface area contributed by atoms with Crippen LogP contribution in [-0.2, 0) is 0 Å². The first-order chi connectivity index (χ1) is 8.15. The summed E-state index contributed by atoms with van der Waals surface area (Å²) >= 11 is 0. The maximum atomic E-state index is 11.4. The Kier molecular flexibility index (Phi) is 2.95. The molecular weight excluding hydrogens is 216 g/mol. The highest BCUT2D eigenvalue weighted by molar-refractivity contribution is 5.95. The Labute approximate surface area is 99.8 Å². The molecule has 0 aliphatic carbocycles. The molecule has 17 heavy (non-hydrogen) atoms. The number of rotatable bonds is 3. The molecule has 2 aromatic rings. The molecule has 0 spiro atoms. The third kappa shape index (κ3) is 1.93. The van der Waals surface area contributed by atoms with Crippen LogP contribution in [0.25, 0.3) is 5.69 Å². The number of hydrogen-bond donors (Lipinski definition) is 0. The number of Topliss-reactive ketones (excluding diaryl/α,β-unsaturated/α-hetero) is 1. The van der Waals surface area contributed by atoms with E-state index in [0.717, 1.165) is 17.1 Å². The Morgan fingerprint density at radius 3 is 2.65 bits per heavy atom. The zero-order chi connectivity index (χ0) is 12.4. The van der Waals surface area contributed by atoms with Crippen LogP contribution in [0, 0.1) is 6.92 Å². The second-order valence-corrected chi connectivity index (χ2v) is 3.78. The lowest BCUT2D eigenvalue weighted by Crippen LogP contribution is -2.03. The predicted octanol–water partition coefficient (Wildman–Crippen LogP) is 2.39. The highest BCUT2D eigenvalue weighted by Crippen LogP contribution is 2.23. The number of benzene rings is 1. The molecule has 0 unspecified atom stereocenters. The van der Waals surface area contributed by atoms with Crippen molar-refractivity contribution in [2.45, 2.75) is 13.8 Å². The standard InChI is InChI=1S/C13H14N2O2/c1-9-11(10(2)16)8-14-15(9)12-6-4-5-7-13(12)17-3/h4-8H,1-3H3. The molecule has 1 heterocycles. The van der Waals surface area contributed by atoms with E-state index in [1.54, 1.807) is 18.0 Å².